The number of rotatable bonds is 4. The van der Waals surface area contributed by atoms with E-state index in [1.165, 1.54) is 12.3 Å². The molecular formula is C17H18N4O3S. The van der Waals surface area contributed by atoms with Crippen LogP contribution in [0.5, 0.6) is 0 Å². The Morgan fingerprint density at radius 1 is 1.16 bits per heavy atom. The summed E-state index contributed by atoms with van der Waals surface area (Å²) in [6.45, 7) is 5.47. The molecule has 0 unspecified atom stereocenters. The van der Waals surface area contributed by atoms with Gasteiger partial charge in [0.25, 0.3) is 10.0 Å². The van der Waals surface area contributed by atoms with Crippen LogP contribution in [0.1, 0.15) is 16.8 Å². The molecule has 2 aromatic heterocycles. The molecule has 0 saturated carbocycles. The van der Waals surface area contributed by atoms with Crippen molar-refractivity contribution in [3.05, 3.63) is 53.5 Å². The van der Waals surface area contributed by atoms with E-state index in [4.69, 9.17) is 10.2 Å². The summed E-state index contributed by atoms with van der Waals surface area (Å²) in [5, 5.41) is 0. The zero-order valence-electron chi connectivity index (χ0n) is 14.1. The molecule has 25 heavy (non-hydrogen) atoms. The van der Waals surface area contributed by atoms with Gasteiger partial charge in [-0.2, -0.15) is 0 Å². The van der Waals surface area contributed by atoms with Gasteiger partial charge >= 0.3 is 0 Å². The lowest BCUT2D eigenvalue weighted by Gasteiger charge is -2.12. The normalized spacial score (nSPS) is 11.5. The summed E-state index contributed by atoms with van der Waals surface area (Å²) in [4.78, 5) is 8.14. The fourth-order valence-electron chi connectivity index (χ4n) is 2.37. The van der Waals surface area contributed by atoms with E-state index in [1.807, 2.05) is 13.8 Å². The highest BCUT2D eigenvalue weighted by atomic mass is 32.2. The third-order valence-corrected chi connectivity index (χ3v) is 5.06. The number of hydrogen-bond donors (Lipinski definition) is 2. The summed E-state index contributed by atoms with van der Waals surface area (Å²) in [5.41, 5.74) is 9.19. The summed E-state index contributed by atoms with van der Waals surface area (Å²) < 4.78 is 33.2. The average molecular weight is 358 g/mol. The van der Waals surface area contributed by atoms with E-state index < -0.39 is 10.0 Å². The van der Waals surface area contributed by atoms with Crippen LogP contribution < -0.4 is 10.5 Å². The van der Waals surface area contributed by atoms with Crippen LogP contribution in [-0.2, 0) is 10.0 Å². The third kappa shape index (κ3) is 3.48. The van der Waals surface area contributed by atoms with Crippen LogP contribution in [0, 0.1) is 20.8 Å². The van der Waals surface area contributed by atoms with Crippen molar-refractivity contribution in [3.63, 3.8) is 0 Å². The molecule has 0 bridgehead atoms. The van der Waals surface area contributed by atoms with E-state index in [0.717, 1.165) is 11.3 Å². The Morgan fingerprint density at radius 3 is 2.60 bits per heavy atom. The third-order valence-electron chi connectivity index (χ3n) is 3.65. The van der Waals surface area contributed by atoms with Crippen LogP contribution in [0.25, 0.3) is 11.5 Å². The van der Waals surface area contributed by atoms with Gasteiger partial charge in [0.15, 0.2) is 0 Å². The number of benzene rings is 1. The second kappa shape index (κ2) is 6.21. The Balaban J connectivity index is 1.99. The second-order valence-corrected chi connectivity index (χ2v) is 7.48. The predicted octanol–water partition coefficient (Wildman–Crippen LogP) is 3.04. The first-order valence-corrected chi connectivity index (χ1v) is 9.03. The molecule has 0 amide bonds. The molecule has 130 valence electrons. The van der Waals surface area contributed by atoms with Gasteiger partial charge in [0.05, 0.1) is 5.69 Å². The highest BCUT2D eigenvalue weighted by Crippen LogP contribution is 2.28. The first-order chi connectivity index (χ1) is 11.8. The molecule has 0 atom stereocenters. The number of nitrogens with two attached hydrogens (primary N) is 1. The Morgan fingerprint density at radius 2 is 1.92 bits per heavy atom. The van der Waals surface area contributed by atoms with E-state index >= 15 is 0 Å². The predicted molar refractivity (Wildman–Crippen MR) is 95.6 cm³/mol. The summed E-state index contributed by atoms with van der Waals surface area (Å²) in [5.74, 6) is 0.390. The smallest absolute Gasteiger partial charge is 0.265 e. The number of nitrogens with one attached hydrogen (secondary N) is 1. The van der Waals surface area contributed by atoms with Crippen molar-refractivity contribution in [2.24, 2.45) is 0 Å². The number of sulfonamides is 1. The monoisotopic (exact) mass is 358 g/mol. The van der Waals surface area contributed by atoms with Crippen molar-refractivity contribution >= 4 is 21.5 Å². The number of aryl methyl sites for hydroxylation is 3. The van der Waals surface area contributed by atoms with Gasteiger partial charge in [-0.15, -0.1) is 0 Å². The molecule has 1 aromatic carbocycles. The fraction of sp³-hybridized carbons (Fsp3) is 0.176. The van der Waals surface area contributed by atoms with Crippen LogP contribution in [0.2, 0.25) is 0 Å². The number of aromatic nitrogens is 2. The van der Waals surface area contributed by atoms with Gasteiger partial charge in [-0.25, -0.2) is 18.4 Å². The first kappa shape index (κ1) is 17.0. The molecule has 8 heteroatoms. The molecule has 3 aromatic rings. The van der Waals surface area contributed by atoms with Crippen LogP contribution in [0.4, 0.5) is 11.5 Å². The van der Waals surface area contributed by atoms with Crippen molar-refractivity contribution in [2.45, 2.75) is 25.7 Å². The Labute approximate surface area is 146 Å². The van der Waals surface area contributed by atoms with Crippen molar-refractivity contribution < 1.29 is 12.8 Å². The molecule has 7 nitrogen and oxygen atoms in total. The summed E-state index contributed by atoms with van der Waals surface area (Å²) in [6.07, 6.45) is 3.06. The van der Waals surface area contributed by atoms with Crippen molar-refractivity contribution in [3.8, 4) is 11.5 Å². The van der Waals surface area contributed by atoms with Crippen molar-refractivity contribution in [1.29, 1.82) is 0 Å². The fourth-order valence-corrected chi connectivity index (χ4v) is 3.59. The molecule has 0 spiro atoms. The van der Waals surface area contributed by atoms with Gasteiger partial charge in [0.1, 0.15) is 17.0 Å². The van der Waals surface area contributed by atoms with Crippen LogP contribution in [0.3, 0.4) is 0 Å². The van der Waals surface area contributed by atoms with E-state index in [0.29, 0.717) is 22.7 Å². The maximum absolute atomic E-state index is 12.6. The summed E-state index contributed by atoms with van der Waals surface area (Å²) >= 11 is 0. The molecule has 3 N–H and O–H groups in total. The average Bonchev–Trinajstić information content (AvgIpc) is 2.97. The van der Waals surface area contributed by atoms with Gasteiger partial charge in [-0.1, -0.05) is 6.07 Å². The lowest BCUT2D eigenvalue weighted by molar-refractivity contribution is 0.573. The molecule has 0 aliphatic carbocycles. The molecule has 2 heterocycles. The van der Waals surface area contributed by atoms with E-state index in [2.05, 4.69) is 14.7 Å². The highest BCUT2D eigenvalue weighted by molar-refractivity contribution is 7.92. The van der Waals surface area contributed by atoms with Gasteiger partial charge in [-0.3, -0.25) is 4.72 Å². The largest absolute Gasteiger partial charge is 0.444 e. The lowest BCUT2D eigenvalue weighted by atomic mass is 10.1. The lowest BCUT2D eigenvalue weighted by Crippen LogP contribution is -2.16. The van der Waals surface area contributed by atoms with Gasteiger partial charge in [0, 0.05) is 17.4 Å². The number of hydrogen-bond acceptors (Lipinski definition) is 6. The number of oxazole rings is 1. The molecule has 0 aliphatic heterocycles. The Bertz CT molecular complexity index is 1040. The van der Waals surface area contributed by atoms with Gasteiger partial charge in [-0.05, 0) is 50.1 Å². The molecule has 0 fully saturated rings. The second-order valence-electron chi connectivity index (χ2n) is 5.83. The summed E-state index contributed by atoms with van der Waals surface area (Å²) in [7, 11) is -3.86. The maximum Gasteiger partial charge on any atom is 0.265 e. The van der Waals surface area contributed by atoms with Crippen LogP contribution in [0.15, 0.2) is 46.0 Å². The van der Waals surface area contributed by atoms with Gasteiger partial charge < -0.3 is 10.2 Å². The van der Waals surface area contributed by atoms with Crippen LogP contribution in [-0.4, -0.2) is 18.4 Å². The Hall–Kier alpha value is -2.87. The van der Waals surface area contributed by atoms with E-state index in [-0.39, 0.29) is 10.7 Å². The highest BCUT2D eigenvalue weighted by Gasteiger charge is 2.20. The Kier molecular flexibility index (Phi) is 4.22. The van der Waals surface area contributed by atoms with Crippen molar-refractivity contribution in [1.82, 2.24) is 9.97 Å². The summed E-state index contributed by atoms with van der Waals surface area (Å²) in [6, 6.07) is 6.63. The number of pyridine rings is 1. The maximum atomic E-state index is 12.6. The number of nitrogens with zero attached hydrogens (tertiary/aromatic N) is 2. The quantitative estimate of drug-likeness (QED) is 0.741. The molecule has 3 rings (SSSR count). The number of anilines is 2. The minimum Gasteiger partial charge on any atom is -0.444 e. The minimum atomic E-state index is -3.86. The zero-order chi connectivity index (χ0) is 18.2. The molecule has 0 radical (unpaired) electrons. The topological polar surface area (TPSA) is 111 Å². The van der Waals surface area contributed by atoms with Crippen LogP contribution >= 0.6 is 0 Å². The number of nitrogen functional groups attached to an aromatic ring is 1. The minimum absolute atomic E-state index is 0.0474. The standard InChI is InChI=1S/C17H18N4O3S/c1-10-6-15(16(18)19-8-10)25(22,23)21-13-5-4-11(2)14(7-13)17-20-12(3)9-24-17/h4-9,21H,1-3H3,(H2,18,19). The van der Waals surface area contributed by atoms with E-state index in [9.17, 15) is 8.42 Å². The van der Waals surface area contributed by atoms with Gasteiger partial charge in [0.2, 0.25) is 5.89 Å². The molecular weight excluding hydrogens is 340 g/mol. The SMILES string of the molecule is Cc1cnc(N)c(S(=O)(=O)Nc2ccc(C)c(-c3nc(C)co3)c2)c1. The first-order valence-electron chi connectivity index (χ1n) is 7.54. The van der Waals surface area contributed by atoms with Crippen molar-refractivity contribution in [2.75, 3.05) is 10.5 Å². The van der Waals surface area contributed by atoms with E-state index in [1.54, 1.807) is 31.4 Å². The molecule has 0 saturated heterocycles. The molecule has 0 aliphatic rings. The zero-order valence-corrected chi connectivity index (χ0v) is 14.9.